The third kappa shape index (κ3) is 10.5. The summed E-state index contributed by atoms with van der Waals surface area (Å²) in [5.74, 6) is -0.613. The molecule has 8 nitrogen and oxygen atoms in total. The molecule has 0 aromatic heterocycles. The van der Waals surface area contributed by atoms with E-state index in [1.807, 2.05) is 32.9 Å². The zero-order valence-electron chi connectivity index (χ0n) is 22.0. The van der Waals surface area contributed by atoms with Crippen molar-refractivity contribution in [1.82, 2.24) is 4.90 Å². The maximum absolute atomic E-state index is 12.9. The Morgan fingerprint density at radius 2 is 1.77 bits per heavy atom. The van der Waals surface area contributed by atoms with Gasteiger partial charge in [-0.1, -0.05) is 45.0 Å². The monoisotopic (exact) mass is 492 g/mol. The van der Waals surface area contributed by atoms with E-state index in [0.717, 1.165) is 6.41 Å². The van der Waals surface area contributed by atoms with Crippen LogP contribution in [0.2, 0.25) is 0 Å². The summed E-state index contributed by atoms with van der Waals surface area (Å²) in [5.41, 5.74) is 6.91. The van der Waals surface area contributed by atoms with Gasteiger partial charge in [-0.15, -0.1) is 0 Å². The van der Waals surface area contributed by atoms with Crippen LogP contribution in [0.1, 0.15) is 56.8 Å². The van der Waals surface area contributed by atoms with E-state index in [9.17, 15) is 14.7 Å². The Labute approximate surface area is 210 Å². The van der Waals surface area contributed by atoms with Crippen molar-refractivity contribution in [1.29, 1.82) is 0 Å². The molecular weight excluding hydrogens is 448 g/mol. The van der Waals surface area contributed by atoms with Crippen LogP contribution in [0.3, 0.4) is 0 Å². The SMILES string of the molecule is CC[C@@H](O)C[C@H](OC)[C@@H](N)CC[C@@H](OC(=O)c1ccccc1)[C@H](C)[C@H](OC)[C@H](C)/C=C/N(C)C=O. The lowest BCUT2D eigenvalue weighted by Crippen LogP contribution is -2.42. The van der Waals surface area contributed by atoms with E-state index in [4.69, 9.17) is 19.9 Å². The second-order valence-electron chi connectivity index (χ2n) is 9.15. The van der Waals surface area contributed by atoms with E-state index in [1.165, 1.54) is 4.90 Å². The standard InChI is InChI=1S/C27H44N2O6/c1-7-22(31)17-25(33-5)23(28)13-14-24(35-27(32)21-11-9-8-10-12-21)20(3)26(34-6)19(2)15-16-29(4)18-30/h8-12,15-16,18-20,22-26,31H,7,13-14,17,28H2,1-6H3/b16-15+/t19-,20+,22-,23+,24-,25+,26-/m1/s1. The van der Waals surface area contributed by atoms with E-state index < -0.39 is 18.2 Å². The molecule has 0 radical (unpaired) electrons. The summed E-state index contributed by atoms with van der Waals surface area (Å²) in [4.78, 5) is 25.2. The first-order chi connectivity index (χ1) is 16.7. The molecule has 0 saturated carbocycles. The average Bonchev–Trinajstić information content (AvgIpc) is 2.88. The fourth-order valence-corrected chi connectivity index (χ4v) is 4.17. The van der Waals surface area contributed by atoms with Crippen molar-refractivity contribution in [3.63, 3.8) is 0 Å². The quantitative estimate of drug-likeness (QED) is 0.253. The van der Waals surface area contributed by atoms with Crippen LogP contribution >= 0.6 is 0 Å². The molecule has 0 unspecified atom stereocenters. The number of rotatable bonds is 17. The Balaban J connectivity index is 3.05. The van der Waals surface area contributed by atoms with Crippen molar-refractivity contribution in [3.05, 3.63) is 48.2 Å². The summed E-state index contributed by atoms with van der Waals surface area (Å²) in [6, 6.07) is 8.54. The summed E-state index contributed by atoms with van der Waals surface area (Å²) < 4.78 is 17.3. The highest BCUT2D eigenvalue weighted by atomic mass is 16.5. The minimum Gasteiger partial charge on any atom is -0.458 e. The van der Waals surface area contributed by atoms with Crippen molar-refractivity contribution in [2.45, 2.75) is 76.9 Å². The van der Waals surface area contributed by atoms with Gasteiger partial charge in [-0.25, -0.2) is 4.79 Å². The van der Waals surface area contributed by atoms with Gasteiger partial charge in [0.2, 0.25) is 6.41 Å². The van der Waals surface area contributed by atoms with E-state index in [-0.39, 0.29) is 30.1 Å². The number of amides is 1. The maximum atomic E-state index is 12.9. The molecule has 0 spiro atoms. The predicted molar refractivity (Wildman–Crippen MR) is 137 cm³/mol. The number of ether oxygens (including phenoxy) is 3. The van der Waals surface area contributed by atoms with Crippen LogP contribution in [0.5, 0.6) is 0 Å². The Hall–Kier alpha value is -2.26. The lowest BCUT2D eigenvalue weighted by molar-refractivity contribution is -0.115. The molecule has 7 atom stereocenters. The first-order valence-corrected chi connectivity index (χ1v) is 12.3. The Kier molecular flexibility index (Phi) is 14.4. The van der Waals surface area contributed by atoms with E-state index in [0.29, 0.717) is 31.2 Å². The lowest BCUT2D eigenvalue weighted by atomic mass is 9.85. The normalized spacial score (nSPS) is 17.7. The number of aliphatic hydroxyl groups is 1. The van der Waals surface area contributed by atoms with Crippen molar-refractivity contribution >= 4 is 12.4 Å². The average molecular weight is 493 g/mol. The molecule has 0 fully saturated rings. The van der Waals surface area contributed by atoms with Gasteiger partial charge >= 0.3 is 5.97 Å². The molecule has 0 aliphatic carbocycles. The van der Waals surface area contributed by atoms with Crippen LogP contribution in [-0.4, -0.2) is 74.1 Å². The number of benzene rings is 1. The molecular formula is C27H44N2O6. The van der Waals surface area contributed by atoms with E-state index >= 15 is 0 Å². The highest BCUT2D eigenvalue weighted by Crippen LogP contribution is 2.27. The van der Waals surface area contributed by atoms with Crippen LogP contribution in [0.25, 0.3) is 0 Å². The topological polar surface area (TPSA) is 111 Å². The Bertz CT molecular complexity index is 759. The van der Waals surface area contributed by atoms with Crippen LogP contribution in [-0.2, 0) is 19.0 Å². The highest BCUT2D eigenvalue weighted by molar-refractivity contribution is 5.89. The van der Waals surface area contributed by atoms with Gasteiger partial charge in [0.15, 0.2) is 0 Å². The van der Waals surface area contributed by atoms with E-state index in [1.54, 1.807) is 51.7 Å². The van der Waals surface area contributed by atoms with Gasteiger partial charge in [-0.2, -0.15) is 0 Å². The second kappa shape index (κ2) is 16.4. The summed E-state index contributed by atoms with van der Waals surface area (Å²) in [6.07, 6.45) is 4.93. The van der Waals surface area contributed by atoms with Crippen LogP contribution < -0.4 is 5.73 Å². The maximum Gasteiger partial charge on any atom is 0.338 e. The number of carbonyl (C=O) groups excluding carboxylic acids is 2. The van der Waals surface area contributed by atoms with Crippen LogP contribution in [0.4, 0.5) is 0 Å². The fraction of sp³-hybridized carbons (Fsp3) is 0.630. The number of methoxy groups -OCH3 is 2. The minimum atomic E-state index is -0.480. The molecule has 0 saturated heterocycles. The molecule has 0 bridgehead atoms. The molecule has 0 heterocycles. The molecule has 198 valence electrons. The van der Waals surface area contributed by atoms with E-state index in [2.05, 4.69) is 0 Å². The number of hydrogen-bond acceptors (Lipinski definition) is 7. The summed E-state index contributed by atoms with van der Waals surface area (Å²) in [6.45, 7) is 5.90. The van der Waals surface area contributed by atoms with Crippen molar-refractivity contribution in [2.24, 2.45) is 17.6 Å². The predicted octanol–water partition coefficient (Wildman–Crippen LogP) is 3.38. The number of nitrogens with zero attached hydrogens (tertiary/aromatic N) is 1. The lowest BCUT2D eigenvalue weighted by Gasteiger charge is -2.34. The van der Waals surface area contributed by atoms with Gasteiger partial charge in [0, 0.05) is 51.8 Å². The van der Waals surface area contributed by atoms with Crippen molar-refractivity contribution < 1.29 is 28.9 Å². The Morgan fingerprint density at radius 3 is 2.31 bits per heavy atom. The molecule has 1 rings (SSSR count). The molecule has 3 N–H and O–H groups in total. The highest BCUT2D eigenvalue weighted by Gasteiger charge is 2.33. The second-order valence-corrected chi connectivity index (χ2v) is 9.15. The molecule has 1 aromatic rings. The Morgan fingerprint density at radius 1 is 1.11 bits per heavy atom. The number of aliphatic hydroxyl groups excluding tert-OH is 1. The zero-order valence-corrected chi connectivity index (χ0v) is 22.0. The summed E-state index contributed by atoms with van der Waals surface area (Å²) in [7, 11) is 4.88. The number of carbonyl (C=O) groups is 2. The summed E-state index contributed by atoms with van der Waals surface area (Å²) >= 11 is 0. The van der Waals surface area contributed by atoms with Crippen LogP contribution in [0.15, 0.2) is 42.6 Å². The van der Waals surface area contributed by atoms with Gasteiger partial charge < -0.3 is 30.0 Å². The number of hydrogen-bond donors (Lipinski definition) is 2. The van der Waals surface area contributed by atoms with Gasteiger partial charge in [0.25, 0.3) is 0 Å². The van der Waals surface area contributed by atoms with Crippen molar-refractivity contribution in [3.8, 4) is 0 Å². The van der Waals surface area contributed by atoms with Gasteiger partial charge in [0.05, 0.1) is 23.9 Å². The summed E-state index contributed by atoms with van der Waals surface area (Å²) in [5, 5.41) is 10.0. The molecule has 0 aliphatic rings. The van der Waals surface area contributed by atoms with Crippen LogP contribution in [0, 0.1) is 11.8 Å². The number of esters is 1. The third-order valence-electron chi connectivity index (χ3n) is 6.49. The third-order valence-corrected chi connectivity index (χ3v) is 6.49. The molecule has 1 amide bonds. The largest absolute Gasteiger partial charge is 0.458 e. The first-order valence-electron chi connectivity index (χ1n) is 12.3. The van der Waals surface area contributed by atoms with Crippen molar-refractivity contribution in [2.75, 3.05) is 21.3 Å². The van der Waals surface area contributed by atoms with Gasteiger partial charge in [-0.3, -0.25) is 4.79 Å². The smallest absolute Gasteiger partial charge is 0.338 e. The number of nitrogens with two attached hydrogens (primary N) is 1. The minimum absolute atomic E-state index is 0.0459. The van der Waals surface area contributed by atoms with Gasteiger partial charge in [-0.05, 0) is 31.4 Å². The first kappa shape index (κ1) is 30.8. The fourth-order valence-electron chi connectivity index (χ4n) is 4.17. The molecule has 35 heavy (non-hydrogen) atoms. The zero-order chi connectivity index (χ0) is 26.4. The molecule has 1 aromatic carbocycles. The molecule has 8 heteroatoms. The van der Waals surface area contributed by atoms with Gasteiger partial charge in [0.1, 0.15) is 6.10 Å². The molecule has 0 aliphatic heterocycles.